The Morgan fingerprint density at radius 2 is 1.42 bits per heavy atom. The second-order valence-electron chi connectivity index (χ2n) is 8.06. The molecule has 0 spiro atoms. The molecule has 2 amide bonds. The van der Waals surface area contributed by atoms with Crippen LogP contribution < -0.4 is 15.4 Å². The van der Waals surface area contributed by atoms with E-state index in [1.165, 1.54) is 11.8 Å². The van der Waals surface area contributed by atoms with Crippen molar-refractivity contribution in [2.24, 2.45) is 0 Å². The van der Waals surface area contributed by atoms with Crippen molar-refractivity contribution in [3.05, 3.63) is 120 Å². The molecule has 36 heavy (non-hydrogen) atoms. The van der Waals surface area contributed by atoms with Crippen LogP contribution in [-0.2, 0) is 16.0 Å². The number of amides is 2. The summed E-state index contributed by atoms with van der Waals surface area (Å²) in [6.07, 6.45) is 0.316. The van der Waals surface area contributed by atoms with Crippen LogP contribution in [0.3, 0.4) is 0 Å². The monoisotopic (exact) mass is 496 g/mol. The quantitative estimate of drug-likeness (QED) is 0.239. The maximum Gasteiger partial charge on any atom is 0.242 e. The molecule has 4 aromatic rings. The van der Waals surface area contributed by atoms with Crippen molar-refractivity contribution in [2.45, 2.75) is 23.5 Å². The Bertz CT molecular complexity index is 1280. The lowest BCUT2D eigenvalue weighted by Gasteiger charge is -2.19. The van der Waals surface area contributed by atoms with Crippen molar-refractivity contribution in [3.8, 4) is 5.75 Å². The van der Waals surface area contributed by atoms with Gasteiger partial charge < -0.3 is 15.4 Å². The highest BCUT2D eigenvalue weighted by Crippen LogP contribution is 2.37. The van der Waals surface area contributed by atoms with Crippen molar-refractivity contribution in [1.82, 2.24) is 0 Å². The van der Waals surface area contributed by atoms with Crippen LogP contribution in [0.2, 0.25) is 0 Å². The third-order valence-electron chi connectivity index (χ3n) is 5.38. The predicted octanol–water partition coefficient (Wildman–Crippen LogP) is 6.74. The lowest BCUT2D eigenvalue weighted by atomic mass is 10.1. The molecule has 182 valence electrons. The van der Waals surface area contributed by atoms with Gasteiger partial charge in [0.25, 0.3) is 0 Å². The normalized spacial score (nSPS) is 11.4. The fourth-order valence-electron chi connectivity index (χ4n) is 3.69. The van der Waals surface area contributed by atoms with E-state index in [9.17, 15) is 9.59 Å². The minimum atomic E-state index is -0.473. The minimum Gasteiger partial charge on any atom is -0.492 e. The Labute approximate surface area is 215 Å². The number of benzene rings is 4. The average molecular weight is 497 g/mol. The van der Waals surface area contributed by atoms with E-state index in [0.29, 0.717) is 30.2 Å². The molecule has 6 heteroatoms. The molecule has 0 fully saturated rings. The second-order valence-corrected chi connectivity index (χ2v) is 9.24. The topological polar surface area (TPSA) is 67.4 Å². The number of carbonyl (C=O) groups excluding carboxylic acids is 2. The van der Waals surface area contributed by atoms with E-state index in [4.69, 9.17) is 4.74 Å². The van der Waals surface area contributed by atoms with Gasteiger partial charge >= 0.3 is 0 Å². The Morgan fingerprint density at radius 1 is 0.778 bits per heavy atom. The van der Waals surface area contributed by atoms with Gasteiger partial charge in [-0.2, -0.15) is 0 Å². The van der Waals surface area contributed by atoms with Gasteiger partial charge in [-0.1, -0.05) is 72.8 Å². The summed E-state index contributed by atoms with van der Waals surface area (Å²) in [6.45, 7) is 2.42. The number of hydrogen-bond acceptors (Lipinski definition) is 4. The SMILES string of the molecule is CCOc1ccccc1NC(=O)C(Sc1ccc(NC(=O)Cc2ccccc2)cc1)c1ccccc1. The van der Waals surface area contributed by atoms with Gasteiger partial charge in [-0.05, 0) is 54.4 Å². The van der Waals surface area contributed by atoms with Crippen molar-refractivity contribution in [2.75, 3.05) is 17.2 Å². The number of ether oxygens (including phenoxy) is 1. The zero-order chi connectivity index (χ0) is 25.2. The van der Waals surface area contributed by atoms with Crippen LogP contribution in [0.15, 0.2) is 114 Å². The van der Waals surface area contributed by atoms with Gasteiger partial charge in [0.05, 0.1) is 18.7 Å². The van der Waals surface area contributed by atoms with Gasteiger partial charge in [-0.15, -0.1) is 11.8 Å². The van der Waals surface area contributed by atoms with Crippen molar-refractivity contribution in [1.29, 1.82) is 0 Å². The highest BCUT2D eigenvalue weighted by molar-refractivity contribution is 8.00. The average Bonchev–Trinajstić information content (AvgIpc) is 2.90. The van der Waals surface area contributed by atoms with Gasteiger partial charge in [0.2, 0.25) is 11.8 Å². The molecular weight excluding hydrogens is 468 g/mol. The van der Waals surface area contributed by atoms with Gasteiger partial charge in [0.15, 0.2) is 0 Å². The summed E-state index contributed by atoms with van der Waals surface area (Å²) < 4.78 is 5.67. The van der Waals surface area contributed by atoms with E-state index < -0.39 is 5.25 Å². The zero-order valence-corrected chi connectivity index (χ0v) is 20.8. The van der Waals surface area contributed by atoms with E-state index in [-0.39, 0.29) is 11.8 Å². The van der Waals surface area contributed by atoms with Crippen molar-refractivity contribution >= 4 is 35.0 Å². The predicted molar refractivity (Wildman–Crippen MR) is 146 cm³/mol. The van der Waals surface area contributed by atoms with Crippen LogP contribution in [-0.4, -0.2) is 18.4 Å². The Hall–Kier alpha value is -4.03. The van der Waals surface area contributed by atoms with E-state index in [1.807, 2.05) is 116 Å². The van der Waals surface area contributed by atoms with Crippen LogP contribution in [0.25, 0.3) is 0 Å². The van der Waals surface area contributed by atoms with Gasteiger partial charge in [0.1, 0.15) is 11.0 Å². The van der Waals surface area contributed by atoms with Crippen LogP contribution in [0.5, 0.6) is 5.75 Å². The highest BCUT2D eigenvalue weighted by atomic mass is 32.2. The van der Waals surface area contributed by atoms with E-state index in [2.05, 4.69) is 10.6 Å². The summed E-state index contributed by atoms with van der Waals surface area (Å²) in [5, 5.41) is 5.50. The zero-order valence-electron chi connectivity index (χ0n) is 20.0. The molecule has 0 aliphatic rings. The Morgan fingerprint density at radius 3 is 2.11 bits per heavy atom. The molecular formula is C30H28N2O3S. The van der Waals surface area contributed by atoms with Gasteiger partial charge in [-0.25, -0.2) is 0 Å². The summed E-state index contributed by atoms with van der Waals surface area (Å²) >= 11 is 1.45. The lowest BCUT2D eigenvalue weighted by Crippen LogP contribution is -2.19. The Kier molecular flexibility index (Phi) is 8.78. The van der Waals surface area contributed by atoms with Gasteiger partial charge in [0, 0.05) is 10.6 Å². The van der Waals surface area contributed by atoms with E-state index in [0.717, 1.165) is 16.0 Å². The molecule has 4 aromatic carbocycles. The molecule has 0 saturated heterocycles. The second kappa shape index (κ2) is 12.6. The summed E-state index contributed by atoms with van der Waals surface area (Å²) in [4.78, 5) is 26.7. The molecule has 0 saturated carbocycles. The third-order valence-corrected chi connectivity index (χ3v) is 6.65. The van der Waals surface area contributed by atoms with Gasteiger partial charge in [-0.3, -0.25) is 9.59 Å². The summed E-state index contributed by atoms with van der Waals surface area (Å²) in [7, 11) is 0. The molecule has 1 unspecified atom stereocenters. The number of carbonyl (C=O) groups is 2. The third kappa shape index (κ3) is 6.99. The van der Waals surface area contributed by atoms with E-state index in [1.54, 1.807) is 0 Å². The number of hydrogen-bond donors (Lipinski definition) is 2. The van der Waals surface area contributed by atoms with Crippen LogP contribution in [0.1, 0.15) is 23.3 Å². The standard InChI is InChI=1S/C30H28N2O3S/c1-2-35-27-16-10-9-15-26(27)32-30(34)29(23-13-7-4-8-14-23)36-25-19-17-24(18-20-25)31-28(33)21-22-11-5-3-6-12-22/h3-20,29H,2,21H2,1H3,(H,31,33)(H,32,34). The lowest BCUT2D eigenvalue weighted by molar-refractivity contribution is -0.116. The van der Waals surface area contributed by atoms with E-state index >= 15 is 0 Å². The summed E-state index contributed by atoms with van der Waals surface area (Å²) in [6, 6.07) is 34.3. The van der Waals surface area contributed by atoms with Crippen molar-refractivity contribution < 1.29 is 14.3 Å². The molecule has 5 nitrogen and oxygen atoms in total. The first-order chi connectivity index (χ1) is 17.6. The molecule has 1 atom stereocenters. The van der Waals surface area contributed by atoms with Crippen molar-refractivity contribution in [3.63, 3.8) is 0 Å². The molecule has 2 N–H and O–H groups in total. The first kappa shape index (κ1) is 25.1. The first-order valence-corrected chi connectivity index (χ1v) is 12.7. The molecule has 4 rings (SSSR count). The maximum absolute atomic E-state index is 13.4. The maximum atomic E-state index is 13.4. The smallest absolute Gasteiger partial charge is 0.242 e. The molecule has 0 aromatic heterocycles. The summed E-state index contributed by atoms with van der Waals surface area (Å²) in [5.41, 5.74) is 3.22. The molecule has 0 aliphatic carbocycles. The van der Waals surface area contributed by atoms with Crippen LogP contribution >= 0.6 is 11.8 Å². The Balaban J connectivity index is 1.46. The number of para-hydroxylation sites is 2. The number of rotatable bonds is 10. The number of thioether (sulfide) groups is 1. The number of nitrogens with one attached hydrogen (secondary N) is 2. The fourth-order valence-corrected chi connectivity index (χ4v) is 4.71. The van der Waals surface area contributed by atoms with Crippen LogP contribution in [0.4, 0.5) is 11.4 Å². The van der Waals surface area contributed by atoms with Crippen LogP contribution in [0, 0.1) is 0 Å². The molecule has 0 aliphatic heterocycles. The first-order valence-electron chi connectivity index (χ1n) is 11.8. The molecule has 0 heterocycles. The molecule has 0 bridgehead atoms. The highest BCUT2D eigenvalue weighted by Gasteiger charge is 2.23. The largest absolute Gasteiger partial charge is 0.492 e. The summed E-state index contributed by atoms with van der Waals surface area (Å²) in [5.74, 6) is 0.426. The fraction of sp³-hybridized carbons (Fsp3) is 0.133. The molecule has 0 radical (unpaired) electrons. The number of anilines is 2. The minimum absolute atomic E-state index is 0.0730.